The number of nitrogens with zero attached hydrogens (tertiary/aromatic N) is 4. The molecule has 1 heterocycles. The zero-order valence-corrected chi connectivity index (χ0v) is 82.9. The van der Waals surface area contributed by atoms with Crippen LogP contribution in [-0.4, -0.2) is 175 Å². The lowest BCUT2D eigenvalue weighted by Gasteiger charge is -2.44. The van der Waals surface area contributed by atoms with Gasteiger partial charge in [0.1, 0.15) is 6.10 Å². The molecule has 15 heteroatoms. The third kappa shape index (κ3) is 64.3. The van der Waals surface area contributed by atoms with Gasteiger partial charge in [0.25, 0.3) is 0 Å². The van der Waals surface area contributed by atoms with Crippen molar-refractivity contribution in [2.45, 2.75) is 523 Å². The number of hydrogen-bond acceptors (Lipinski definition) is 13. The lowest BCUT2D eigenvalue weighted by molar-refractivity contribution is -0.150. The smallest absolute Gasteiger partial charge is 0.306 e. The molecule has 1 aliphatic heterocycles. The van der Waals surface area contributed by atoms with Crippen LogP contribution in [0.15, 0.2) is 0 Å². The van der Waals surface area contributed by atoms with Crippen LogP contribution in [0.2, 0.25) is 36.3 Å². The van der Waals surface area contributed by atoms with E-state index in [0.717, 1.165) is 149 Å². The van der Waals surface area contributed by atoms with Crippen molar-refractivity contribution in [1.29, 1.82) is 0 Å². The van der Waals surface area contributed by atoms with Gasteiger partial charge in [-0.2, -0.15) is 0 Å². The Balaban J connectivity index is 2.74. The first kappa shape index (κ1) is 111. The first-order valence-corrected chi connectivity index (χ1v) is 58.2. The minimum atomic E-state index is -1.99. The largest absolute Gasteiger partial charge is 0.466 e. The van der Waals surface area contributed by atoms with E-state index in [4.69, 9.17) is 23.1 Å². The van der Waals surface area contributed by atoms with Crippen LogP contribution in [0.1, 0.15) is 456 Å². The highest BCUT2D eigenvalue weighted by Gasteiger charge is 2.41. The Bertz CT molecular complexity index is 2020. The molecule has 1 fully saturated rings. The molecule has 1 saturated heterocycles. The van der Waals surface area contributed by atoms with Crippen molar-refractivity contribution in [3.05, 3.63) is 0 Å². The van der Waals surface area contributed by atoms with Crippen LogP contribution in [0.25, 0.3) is 0 Å². The summed E-state index contributed by atoms with van der Waals surface area (Å²) < 4.78 is 33.3. The van der Waals surface area contributed by atoms with Crippen molar-refractivity contribution in [2.24, 2.45) is 0 Å². The highest BCUT2D eigenvalue weighted by atomic mass is 33.1. The maximum Gasteiger partial charge on any atom is 0.306 e. The van der Waals surface area contributed by atoms with Gasteiger partial charge in [-0.15, -0.1) is 0 Å². The van der Waals surface area contributed by atoms with Crippen molar-refractivity contribution in [1.82, 2.24) is 19.6 Å². The number of carbonyl (C=O) groups is 2. The summed E-state index contributed by atoms with van der Waals surface area (Å²) in [5, 5.41) is 0.359. The summed E-state index contributed by atoms with van der Waals surface area (Å²) in [6.07, 6.45) is 70.8. The Kier molecular flexibility index (Phi) is 73.0. The molecule has 0 aliphatic carbocycles. The van der Waals surface area contributed by atoms with Gasteiger partial charge >= 0.3 is 11.9 Å². The first-order chi connectivity index (χ1) is 54.4. The number of piperazine rings is 1. The van der Waals surface area contributed by atoms with Gasteiger partial charge < -0.3 is 28.0 Å². The van der Waals surface area contributed by atoms with E-state index in [0.29, 0.717) is 31.5 Å². The SMILES string of the molecule is CCCCCCCCCCCOC(=O)CCCCCN(CCCCCCCC(=O)OC(CCCCCCCC)CCCCCCCC)CCCCSSCCCCN1CC(C)N(CCOCCCCN(CC(CCCCCCCCCC)O[Si](C)(C)C(C)(C)C)CC(CCCCCCCCCC)O[Si](C)(C)C(C)(C)C)CC1C. The molecule has 4 unspecified atom stereocenters. The standard InChI is InChI=1S/C98H200N4O7S2Si2/c1-18-23-28-33-38-41-44-52-65-82-106-95(103)73-59-53-61-76-99(75-60-51-45-50-58-74-96(104)107-92(69-54-46-36-31-26-21-4)70-55-47-37-32-27-22-5)77-63-67-84-110-111-85-68-64-79-101-86-91(7)102(87-90(101)6)80-83-105-81-66-62-78-100(88-93(108-112(14,15)97(8,9)10)71-56-48-42-39-34-29-24-19-2)89-94(109-113(16,17)98(11,12)13)72-57-49-43-40-35-30-25-20-3/h90-94H,18-89H2,1-17H3. The fourth-order valence-corrected chi connectivity index (χ4v) is 21.0. The van der Waals surface area contributed by atoms with E-state index in [2.05, 4.69) is 157 Å². The highest BCUT2D eigenvalue weighted by molar-refractivity contribution is 8.76. The van der Waals surface area contributed by atoms with Crippen LogP contribution >= 0.6 is 21.6 Å². The zero-order chi connectivity index (χ0) is 83.2. The van der Waals surface area contributed by atoms with Crippen molar-refractivity contribution < 1.29 is 32.7 Å². The molecule has 4 atom stereocenters. The monoisotopic (exact) mass is 1670 g/mol. The zero-order valence-electron chi connectivity index (χ0n) is 79.3. The van der Waals surface area contributed by atoms with Gasteiger partial charge in [-0.1, -0.05) is 342 Å². The molecule has 11 nitrogen and oxygen atoms in total. The van der Waals surface area contributed by atoms with Gasteiger partial charge in [-0.3, -0.25) is 24.3 Å². The maximum absolute atomic E-state index is 13.1. The van der Waals surface area contributed by atoms with Crippen LogP contribution in [0.5, 0.6) is 0 Å². The number of ether oxygens (including phenoxy) is 3. The maximum atomic E-state index is 13.1. The normalized spacial score (nSPS) is 15.6. The number of carbonyl (C=O) groups excluding carboxylic acids is 2. The Labute approximate surface area is 717 Å². The average molecular weight is 1670 g/mol. The first-order valence-electron chi connectivity index (χ1n) is 49.9. The van der Waals surface area contributed by atoms with Gasteiger partial charge in [-0.25, -0.2) is 0 Å². The van der Waals surface area contributed by atoms with E-state index in [1.807, 2.05) is 0 Å². The summed E-state index contributed by atoms with van der Waals surface area (Å²) in [5.41, 5.74) is 0. The number of hydrogen-bond donors (Lipinski definition) is 0. The molecule has 0 radical (unpaired) electrons. The van der Waals surface area contributed by atoms with E-state index < -0.39 is 16.6 Å². The number of unbranched alkanes of at least 4 members (excludes halogenated alkanes) is 41. The van der Waals surface area contributed by atoms with Crippen molar-refractivity contribution in [3.8, 4) is 0 Å². The Morgan fingerprint density at radius 1 is 0.354 bits per heavy atom. The van der Waals surface area contributed by atoms with E-state index in [-0.39, 0.29) is 40.3 Å². The molecule has 0 N–H and O–H groups in total. The summed E-state index contributed by atoms with van der Waals surface area (Å²) >= 11 is 0. The van der Waals surface area contributed by atoms with Crippen molar-refractivity contribution in [2.75, 3.05) is 96.8 Å². The molecule has 113 heavy (non-hydrogen) atoms. The van der Waals surface area contributed by atoms with Crippen LogP contribution in [0, 0.1) is 0 Å². The lowest BCUT2D eigenvalue weighted by atomic mass is 10.0. The van der Waals surface area contributed by atoms with Gasteiger partial charge in [-0.05, 0) is 192 Å². The minimum absolute atomic E-state index is 0.00632. The molecule has 1 aliphatic rings. The Morgan fingerprint density at radius 2 is 0.664 bits per heavy atom. The van der Waals surface area contributed by atoms with E-state index in [1.165, 1.54) is 294 Å². The molecule has 0 bridgehead atoms. The molecule has 1 rings (SSSR count). The summed E-state index contributed by atoms with van der Waals surface area (Å²) in [5.74, 6) is 2.49. The highest BCUT2D eigenvalue weighted by Crippen LogP contribution is 2.40. The Hall–Kier alpha value is -0.206. The topological polar surface area (TPSA) is 93.3 Å². The van der Waals surface area contributed by atoms with Gasteiger partial charge in [0.05, 0.1) is 25.4 Å². The quantitative estimate of drug-likeness (QED) is 0.0251. The molecule has 0 aromatic rings. The van der Waals surface area contributed by atoms with Gasteiger partial charge in [0.2, 0.25) is 0 Å². The number of rotatable bonds is 84. The van der Waals surface area contributed by atoms with Crippen molar-refractivity contribution in [3.63, 3.8) is 0 Å². The summed E-state index contributed by atoms with van der Waals surface area (Å²) in [6, 6.07) is 1.12. The molecule has 0 amide bonds. The van der Waals surface area contributed by atoms with Crippen LogP contribution in [0.4, 0.5) is 0 Å². The number of esters is 2. The fraction of sp³-hybridized carbons (Fsp3) is 0.980. The lowest BCUT2D eigenvalue weighted by Crippen LogP contribution is -2.57. The molecular weight excluding hydrogens is 1470 g/mol. The van der Waals surface area contributed by atoms with Crippen molar-refractivity contribution >= 4 is 50.2 Å². The third-order valence-corrected chi connectivity index (χ3v) is 37.4. The van der Waals surface area contributed by atoms with Crippen LogP contribution in [-0.2, 0) is 32.7 Å². The van der Waals surface area contributed by atoms with Crippen LogP contribution < -0.4 is 0 Å². The molecule has 0 aromatic heterocycles. The second-order valence-electron chi connectivity index (χ2n) is 38.8. The second kappa shape index (κ2) is 74.4. The van der Waals surface area contributed by atoms with Crippen LogP contribution in [0.3, 0.4) is 0 Å². The fourth-order valence-electron chi connectivity index (χ4n) is 15.9. The third-order valence-electron chi connectivity index (χ3n) is 25.7. The summed E-state index contributed by atoms with van der Waals surface area (Å²) in [6.45, 7) is 54.1. The summed E-state index contributed by atoms with van der Waals surface area (Å²) in [4.78, 5) is 36.7. The van der Waals surface area contributed by atoms with E-state index >= 15 is 0 Å². The Morgan fingerprint density at radius 3 is 1.08 bits per heavy atom. The van der Waals surface area contributed by atoms with E-state index in [9.17, 15) is 9.59 Å². The molecule has 0 saturated carbocycles. The van der Waals surface area contributed by atoms with Gasteiger partial charge in [0, 0.05) is 75.8 Å². The molecular formula is C98H200N4O7S2Si2. The molecule has 0 spiro atoms. The molecule has 674 valence electrons. The predicted molar refractivity (Wildman–Crippen MR) is 507 cm³/mol. The second-order valence-corrected chi connectivity index (χ2v) is 51.0. The summed E-state index contributed by atoms with van der Waals surface area (Å²) in [7, 11) is 0.212. The van der Waals surface area contributed by atoms with E-state index in [1.54, 1.807) is 0 Å². The van der Waals surface area contributed by atoms with Gasteiger partial charge in [0.15, 0.2) is 16.6 Å². The predicted octanol–water partition coefficient (Wildman–Crippen LogP) is 30.0. The average Bonchev–Trinajstić information content (AvgIpc) is 0.791. The molecule has 0 aromatic carbocycles. The minimum Gasteiger partial charge on any atom is -0.466 e.